The Morgan fingerprint density at radius 1 is 1.03 bits per heavy atom. The number of likely N-dealkylation sites (N-methyl/N-ethyl adjacent to an activating group) is 1. The zero-order chi connectivity index (χ0) is 24.0. The summed E-state index contributed by atoms with van der Waals surface area (Å²) in [4.78, 5) is 25.6. The first-order chi connectivity index (χ1) is 15.6. The van der Waals surface area contributed by atoms with Crippen LogP contribution in [0.3, 0.4) is 0 Å². The fourth-order valence-corrected chi connectivity index (χ4v) is 8.17. The van der Waals surface area contributed by atoms with Gasteiger partial charge in [-0.25, -0.2) is 9.59 Å². The minimum atomic E-state index is -0.610. The third-order valence-electron chi connectivity index (χ3n) is 10.3. The number of halogens is 1. The Morgan fingerprint density at radius 3 is 2.44 bits per heavy atom. The van der Waals surface area contributed by atoms with Crippen LogP contribution in [0.1, 0.15) is 71.6 Å². The molecule has 0 radical (unpaired) electrons. The molecule has 0 unspecified atom stereocenters. The van der Waals surface area contributed by atoms with Gasteiger partial charge in [0.25, 0.3) is 0 Å². The van der Waals surface area contributed by atoms with Crippen LogP contribution in [-0.2, 0) is 14.2 Å². The molecule has 1 amide bonds. The Balaban J connectivity index is 0.00000324. The van der Waals surface area contributed by atoms with Crippen LogP contribution in [0.5, 0.6) is 0 Å². The molecule has 9 heteroatoms. The van der Waals surface area contributed by atoms with Gasteiger partial charge < -0.3 is 30.0 Å². The Hall–Kier alpha value is -1.25. The van der Waals surface area contributed by atoms with Crippen molar-refractivity contribution < 1.29 is 28.9 Å². The molecule has 0 saturated heterocycles. The molecule has 4 aliphatic carbocycles. The molecule has 4 rings (SSSR count). The van der Waals surface area contributed by atoms with E-state index in [9.17, 15) is 9.59 Å². The molecule has 4 saturated carbocycles. The number of methoxy groups -OCH3 is 1. The highest BCUT2D eigenvalue weighted by Gasteiger charge is 2.67. The van der Waals surface area contributed by atoms with E-state index in [1.165, 1.54) is 12.0 Å². The minimum absolute atomic E-state index is 0. The van der Waals surface area contributed by atoms with E-state index in [4.69, 9.17) is 25.1 Å². The van der Waals surface area contributed by atoms with E-state index in [-0.39, 0.29) is 60.2 Å². The first-order valence-corrected chi connectivity index (χ1v) is 12.6. The van der Waals surface area contributed by atoms with E-state index in [2.05, 4.69) is 13.8 Å². The van der Waals surface area contributed by atoms with Gasteiger partial charge in [-0.05, 0) is 81.0 Å². The molecule has 196 valence electrons. The van der Waals surface area contributed by atoms with Crippen LogP contribution in [0.15, 0.2) is 0 Å². The highest BCUT2D eigenvalue weighted by molar-refractivity contribution is 5.85. The summed E-state index contributed by atoms with van der Waals surface area (Å²) in [5.41, 5.74) is 6.90. The Morgan fingerprint density at radius 2 is 1.76 bits per heavy atom. The number of aliphatic hydroxyl groups is 1. The number of aliphatic hydroxyl groups excluding tert-OH is 1. The Kier molecular flexibility index (Phi) is 8.05. The SMILES string of the molecule is COC(=O)O[C@H]1CC[C@]2(N)[C@@H]3CC[C@@H]4C[C@@H](OC(=O)N(C)CCO)CC[C@]4(C)[C@H]3CC[C@]12C.Cl. The minimum Gasteiger partial charge on any atom is -0.446 e. The molecule has 0 aliphatic heterocycles. The quantitative estimate of drug-likeness (QED) is 0.556. The van der Waals surface area contributed by atoms with E-state index in [0.29, 0.717) is 17.8 Å². The van der Waals surface area contributed by atoms with Gasteiger partial charge in [-0.15, -0.1) is 12.4 Å². The van der Waals surface area contributed by atoms with E-state index < -0.39 is 6.16 Å². The second kappa shape index (κ2) is 10.0. The largest absolute Gasteiger partial charge is 0.508 e. The normalized spacial score (nSPS) is 42.8. The lowest BCUT2D eigenvalue weighted by molar-refractivity contribution is -0.146. The molecule has 0 aromatic carbocycles. The number of carbonyl (C=O) groups is 2. The third-order valence-corrected chi connectivity index (χ3v) is 10.3. The predicted molar refractivity (Wildman–Crippen MR) is 130 cm³/mol. The van der Waals surface area contributed by atoms with Crippen LogP contribution in [0.25, 0.3) is 0 Å². The zero-order valence-corrected chi connectivity index (χ0v) is 21.9. The van der Waals surface area contributed by atoms with Gasteiger partial charge in [-0.1, -0.05) is 13.8 Å². The molecule has 0 bridgehead atoms. The average Bonchev–Trinajstić information content (AvgIpc) is 3.05. The highest BCUT2D eigenvalue weighted by atomic mass is 35.5. The van der Waals surface area contributed by atoms with Gasteiger partial charge in [0, 0.05) is 24.5 Å². The number of nitrogens with zero attached hydrogens (tertiary/aromatic N) is 1. The molecular formula is C25H43ClN2O6. The topological polar surface area (TPSA) is 111 Å². The number of rotatable bonds is 4. The third kappa shape index (κ3) is 4.28. The monoisotopic (exact) mass is 502 g/mol. The summed E-state index contributed by atoms with van der Waals surface area (Å²) in [5.74, 6) is 1.48. The first-order valence-electron chi connectivity index (χ1n) is 12.6. The molecule has 4 fully saturated rings. The van der Waals surface area contributed by atoms with Gasteiger partial charge in [0.1, 0.15) is 12.2 Å². The summed E-state index contributed by atoms with van der Waals surface area (Å²) in [6.45, 7) is 4.88. The maximum atomic E-state index is 12.3. The zero-order valence-electron chi connectivity index (χ0n) is 21.1. The summed E-state index contributed by atoms with van der Waals surface area (Å²) in [7, 11) is 3.02. The molecule has 0 heterocycles. The maximum Gasteiger partial charge on any atom is 0.508 e. The lowest BCUT2D eigenvalue weighted by Gasteiger charge is -2.64. The van der Waals surface area contributed by atoms with Crippen LogP contribution < -0.4 is 5.73 Å². The Bertz CT molecular complexity index is 770. The van der Waals surface area contributed by atoms with E-state index in [1.54, 1.807) is 7.05 Å². The van der Waals surface area contributed by atoms with Gasteiger partial charge in [0.2, 0.25) is 0 Å². The summed E-state index contributed by atoms with van der Waals surface area (Å²) in [5, 5.41) is 9.08. The van der Waals surface area contributed by atoms with Crippen molar-refractivity contribution in [3.63, 3.8) is 0 Å². The van der Waals surface area contributed by atoms with Crippen molar-refractivity contribution in [3.05, 3.63) is 0 Å². The number of hydrogen-bond donors (Lipinski definition) is 2. The summed E-state index contributed by atoms with van der Waals surface area (Å²) < 4.78 is 16.3. The van der Waals surface area contributed by atoms with Crippen molar-refractivity contribution in [1.82, 2.24) is 4.90 Å². The second-order valence-electron chi connectivity index (χ2n) is 11.5. The number of amides is 1. The van der Waals surface area contributed by atoms with Crippen LogP contribution in [0.4, 0.5) is 9.59 Å². The summed E-state index contributed by atoms with van der Waals surface area (Å²) in [6.07, 6.45) is 7.51. The fraction of sp³-hybridized carbons (Fsp3) is 0.920. The molecule has 0 spiro atoms. The molecule has 0 aromatic heterocycles. The molecule has 4 aliphatic rings. The summed E-state index contributed by atoms with van der Waals surface area (Å²) >= 11 is 0. The molecule has 0 aromatic rings. The van der Waals surface area contributed by atoms with Crippen LogP contribution in [0.2, 0.25) is 0 Å². The maximum absolute atomic E-state index is 12.3. The van der Waals surface area contributed by atoms with Crippen molar-refractivity contribution >= 4 is 24.7 Å². The number of carbonyl (C=O) groups excluding carboxylic acids is 2. The predicted octanol–water partition coefficient (Wildman–Crippen LogP) is 4.11. The second-order valence-corrected chi connectivity index (χ2v) is 11.5. The van der Waals surface area contributed by atoms with Gasteiger partial charge in [0.05, 0.1) is 13.7 Å². The van der Waals surface area contributed by atoms with Crippen molar-refractivity contribution in [2.24, 2.45) is 34.3 Å². The van der Waals surface area contributed by atoms with Gasteiger partial charge in [-0.2, -0.15) is 0 Å². The van der Waals surface area contributed by atoms with Crippen LogP contribution in [0, 0.1) is 28.6 Å². The standard InChI is InChI=1S/C25H42N2O6.ClH/c1-23-10-7-17(32-21(29)27(3)13-14-28)15-16(23)5-6-19-18(23)8-11-24(2)20(33-22(30)31-4)9-12-25(19,24)26;/h16-20,28H,5-15,26H2,1-4H3;1H/t16-,17+,18+,19-,20+,23+,24-,25+;/m1./s1. The number of fused-ring (bicyclic) bond motifs is 5. The van der Waals surface area contributed by atoms with Crippen molar-refractivity contribution in [3.8, 4) is 0 Å². The van der Waals surface area contributed by atoms with Crippen molar-refractivity contribution in [1.29, 1.82) is 0 Å². The molecule has 8 atom stereocenters. The number of nitrogens with two attached hydrogens (primary N) is 1. The first kappa shape index (κ1) is 27.3. The van der Waals surface area contributed by atoms with Gasteiger partial charge >= 0.3 is 12.2 Å². The van der Waals surface area contributed by atoms with Crippen molar-refractivity contribution in [2.45, 2.75) is 89.4 Å². The Labute approximate surface area is 209 Å². The molecular weight excluding hydrogens is 460 g/mol. The van der Waals surface area contributed by atoms with Gasteiger partial charge in [-0.3, -0.25) is 0 Å². The van der Waals surface area contributed by atoms with E-state index in [1.807, 2.05) is 0 Å². The highest BCUT2D eigenvalue weighted by Crippen LogP contribution is 2.67. The number of hydrogen-bond acceptors (Lipinski definition) is 7. The van der Waals surface area contributed by atoms with Crippen LogP contribution >= 0.6 is 12.4 Å². The molecule has 34 heavy (non-hydrogen) atoms. The lowest BCUT2D eigenvalue weighted by Crippen LogP contribution is -2.67. The van der Waals surface area contributed by atoms with E-state index in [0.717, 1.165) is 57.8 Å². The summed E-state index contributed by atoms with van der Waals surface area (Å²) in [6, 6.07) is 0. The van der Waals surface area contributed by atoms with Crippen LogP contribution in [-0.4, -0.2) is 67.3 Å². The molecule has 3 N–H and O–H groups in total. The smallest absolute Gasteiger partial charge is 0.446 e. The van der Waals surface area contributed by atoms with Gasteiger partial charge in [0.15, 0.2) is 0 Å². The lowest BCUT2D eigenvalue weighted by atomic mass is 9.43. The fourth-order valence-electron chi connectivity index (χ4n) is 8.17. The molecule has 8 nitrogen and oxygen atoms in total. The average molecular weight is 503 g/mol. The van der Waals surface area contributed by atoms with E-state index >= 15 is 0 Å². The van der Waals surface area contributed by atoms with Crippen molar-refractivity contribution in [2.75, 3.05) is 27.3 Å². The number of ether oxygens (including phenoxy) is 3.